The van der Waals surface area contributed by atoms with Gasteiger partial charge in [-0.25, -0.2) is 0 Å². The molecular formula is C16H15Cl2NO. The first-order valence-electron chi connectivity index (χ1n) is 6.62. The highest BCUT2D eigenvalue weighted by atomic mass is 35.5. The second-order valence-electron chi connectivity index (χ2n) is 5.23. The Morgan fingerprint density at radius 3 is 2.35 bits per heavy atom. The molecule has 0 saturated heterocycles. The molecule has 0 atom stereocenters. The standard InChI is InChI=1S/C16H15Cl2NO/c17-12-3-1-10(2-4-12)11-7-14(8-11)19-13-5-6-16(20)15(18)9-13/h1-6,9,11,14,19-20H,7-8H2. The lowest BCUT2D eigenvalue weighted by molar-refractivity contribution is 0.374. The molecule has 104 valence electrons. The van der Waals surface area contributed by atoms with Crippen molar-refractivity contribution in [2.24, 2.45) is 0 Å². The molecule has 0 amide bonds. The second kappa shape index (κ2) is 5.55. The minimum atomic E-state index is 0.116. The number of phenols is 1. The lowest BCUT2D eigenvalue weighted by Gasteiger charge is -2.37. The fraction of sp³-hybridized carbons (Fsp3) is 0.250. The summed E-state index contributed by atoms with van der Waals surface area (Å²) in [4.78, 5) is 0. The Hall–Kier alpha value is -1.38. The van der Waals surface area contributed by atoms with Crippen LogP contribution in [0.3, 0.4) is 0 Å². The van der Waals surface area contributed by atoms with Crippen LogP contribution in [-0.4, -0.2) is 11.1 Å². The van der Waals surface area contributed by atoms with Crippen molar-refractivity contribution in [1.29, 1.82) is 0 Å². The minimum absolute atomic E-state index is 0.116. The molecule has 1 saturated carbocycles. The van der Waals surface area contributed by atoms with Crippen molar-refractivity contribution in [2.75, 3.05) is 5.32 Å². The predicted octanol–water partition coefficient (Wildman–Crippen LogP) is 5.06. The average Bonchev–Trinajstić information content (AvgIpc) is 2.39. The van der Waals surface area contributed by atoms with Gasteiger partial charge in [-0.1, -0.05) is 35.3 Å². The Labute approximate surface area is 128 Å². The first-order valence-corrected chi connectivity index (χ1v) is 7.38. The summed E-state index contributed by atoms with van der Waals surface area (Å²) in [5.41, 5.74) is 2.29. The topological polar surface area (TPSA) is 32.3 Å². The molecule has 2 aromatic carbocycles. The second-order valence-corrected chi connectivity index (χ2v) is 6.07. The number of hydrogen-bond donors (Lipinski definition) is 2. The van der Waals surface area contributed by atoms with E-state index in [2.05, 4.69) is 17.4 Å². The first-order chi connectivity index (χ1) is 9.61. The maximum Gasteiger partial charge on any atom is 0.134 e. The summed E-state index contributed by atoms with van der Waals surface area (Å²) in [6.45, 7) is 0. The van der Waals surface area contributed by atoms with E-state index in [1.807, 2.05) is 18.2 Å². The van der Waals surface area contributed by atoms with Gasteiger partial charge >= 0.3 is 0 Å². The number of hydrogen-bond acceptors (Lipinski definition) is 2. The normalized spacial score (nSPS) is 21.3. The number of phenolic OH excluding ortho intramolecular Hbond substituents is 1. The summed E-state index contributed by atoms with van der Waals surface area (Å²) in [7, 11) is 0. The number of nitrogens with one attached hydrogen (secondary N) is 1. The van der Waals surface area contributed by atoms with E-state index in [0.29, 0.717) is 17.0 Å². The summed E-state index contributed by atoms with van der Waals surface area (Å²) in [5.74, 6) is 0.710. The number of anilines is 1. The quantitative estimate of drug-likeness (QED) is 0.777. The molecule has 1 aliphatic rings. The van der Waals surface area contributed by atoms with Gasteiger partial charge in [0.15, 0.2) is 0 Å². The van der Waals surface area contributed by atoms with Gasteiger partial charge < -0.3 is 10.4 Å². The highest BCUT2D eigenvalue weighted by molar-refractivity contribution is 6.32. The van der Waals surface area contributed by atoms with Crippen LogP contribution in [0.1, 0.15) is 24.3 Å². The average molecular weight is 308 g/mol. The van der Waals surface area contributed by atoms with Crippen LogP contribution >= 0.6 is 23.2 Å². The van der Waals surface area contributed by atoms with Gasteiger partial charge in [0.05, 0.1) is 5.02 Å². The summed E-state index contributed by atoms with van der Waals surface area (Å²) in [6, 6.07) is 13.7. The minimum Gasteiger partial charge on any atom is -0.506 e. The van der Waals surface area contributed by atoms with Crippen LogP contribution < -0.4 is 5.32 Å². The Morgan fingerprint density at radius 2 is 1.70 bits per heavy atom. The molecule has 20 heavy (non-hydrogen) atoms. The predicted molar refractivity (Wildman–Crippen MR) is 84.0 cm³/mol. The van der Waals surface area contributed by atoms with Gasteiger partial charge in [-0.15, -0.1) is 0 Å². The molecule has 1 fully saturated rings. The molecule has 1 aliphatic carbocycles. The number of benzene rings is 2. The van der Waals surface area contributed by atoms with Crippen LogP contribution in [-0.2, 0) is 0 Å². The van der Waals surface area contributed by atoms with E-state index in [0.717, 1.165) is 23.6 Å². The maximum absolute atomic E-state index is 9.39. The van der Waals surface area contributed by atoms with Crippen molar-refractivity contribution >= 4 is 28.9 Å². The zero-order valence-electron chi connectivity index (χ0n) is 10.8. The smallest absolute Gasteiger partial charge is 0.134 e. The number of rotatable bonds is 3. The first kappa shape index (κ1) is 13.6. The van der Waals surface area contributed by atoms with Gasteiger partial charge in [0.1, 0.15) is 5.75 Å². The summed E-state index contributed by atoms with van der Waals surface area (Å²) in [6.07, 6.45) is 2.19. The summed E-state index contributed by atoms with van der Waals surface area (Å²) in [5, 5.41) is 14.0. The molecule has 0 aromatic heterocycles. The molecule has 2 nitrogen and oxygen atoms in total. The molecule has 2 N–H and O–H groups in total. The van der Waals surface area contributed by atoms with Gasteiger partial charge in [-0.05, 0) is 54.7 Å². The molecule has 3 rings (SSSR count). The lowest BCUT2D eigenvalue weighted by Crippen LogP contribution is -2.33. The molecular weight excluding hydrogens is 293 g/mol. The Balaban J connectivity index is 1.58. The van der Waals surface area contributed by atoms with E-state index >= 15 is 0 Å². The van der Waals surface area contributed by atoms with Gasteiger partial charge in [-0.3, -0.25) is 0 Å². The highest BCUT2D eigenvalue weighted by Gasteiger charge is 2.30. The van der Waals surface area contributed by atoms with E-state index in [9.17, 15) is 5.11 Å². The molecule has 0 radical (unpaired) electrons. The van der Waals surface area contributed by atoms with Crippen molar-refractivity contribution in [3.8, 4) is 5.75 Å². The molecule has 0 bridgehead atoms. The third kappa shape index (κ3) is 2.87. The third-order valence-corrected chi connectivity index (χ3v) is 4.35. The number of aromatic hydroxyl groups is 1. The zero-order valence-corrected chi connectivity index (χ0v) is 12.3. The zero-order chi connectivity index (χ0) is 14.1. The number of halogens is 2. The molecule has 0 unspecified atom stereocenters. The lowest BCUT2D eigenvalue weighted by atomic mass is 9.76. The molecule has 0 spiro atoms. The largest absolute Gasteiger partial charge is 0.506 e. The fourth-order valence-electron chi connectivity index (χ4n) is 2.58. The van der Waals surface area contributed by atoms with Crippen molar-refractivity contribution in [2.45, 2.75) is 24.8 Å². The van der Waals surface area contributed by atoms with Crippen LogP contribution in [0.2, 0.25) is 10.0 Å². The highest BCUT2D eigenvalue weighted by Crippen LogP contribution is 2.39. The van der Waals surface area contributed by atoms with Crippen LogP contribution in [0.15, 0.2) is 42.5 Å². The van der Waals surface area contributed by atoms with Crippen molar-refractivity contribution in [3.05, 3.63) is 58.1 Å². The van der Waals surface area contributed by atoms with Gasteiger partial charge in [0.2, 0.25) is 0 Å². The van der Waals surface area contributed by atoms with Crippen molar-refractivity contribution < 1.29 is 5.11 Å². The van der Waals surface area contributed by atoms with Gasteiger partial charge in [0, 0.05) is 16.8 Å². The Bertz CT molecular complexity index is 606. The third-order valence-electron chi connectivity index (χ3n) is 3.80. The van der Waals surface area contributed by atoms with E-state index in [4.69, 9.17) is 23.2 Å². The van der Waals surface area contributed by atoms with Crippen molar-refractivity contribution in [1.82, 2.24) is 0 Å². The van der Waals surface area contributed by atoms with E-state index in [1.54, 1.807) is 12.1 Å². The van der Waals surface area contributed by atoms with E-state index < -0.39 is 0 Å². The molecule has 0 aliphatic heterocycles. The molecule has 4 heteroatoms. The molecule has 2 aromatic rings. The van der Waals surface area contributed by atoms with Crippen LogP contribution in [0, 0.1) is 0 Å². The van der Waals surface area contributed by atoms with Gasteiger partial charge in [0.25, 0.3) is 0 Å². The van der Waals surface area contributed by atoms with E-state index in [-0.39, 0.29) is 5.75 Å². The maximum atomic E-state index is 9.39. The SMILES string of the molecule is Oc1ccc(NC2CC(c3ccc(Cl)cc3)C2)cc1Cl. The van der Waals surface area contributed by atoms with Crippen molar-refractivity contribution in [3.63, 3.8) is 0 Å². The molecule has 0 heterocycles. The Kier molecular flexibility index (Phi) is 3.77. The van der Waals surface area contributed by atoms with Crippen LogP contribution in [0.4, 0.5) is 5.69 Å². The van der Waals surface area contributed by atoms with Gasteiger partial charge in [-0.2, -0.15) is 0 Å². The fourth-order valence-corrected chi connectivity index (χ4v) is 2.88. The monoisotopic (exact) mass is 307 g/mol. The Morgan fingerprint density at radius 1 is 1.00 bits per heavy atom. The van der Waals surface area contributed by atoms with Crippen LogP contribution in [0.25, 0.3) is 0 Å². The summed E-state index contributed by atoms with van der Waals surface area (Å²) < 4.78 is 0. The van der Waals surface area contributed by atoms with E-state index in [1.165, 1.54) is 5.56 Å². The van der Waals surface area contributed by atoms with Crippen LogP contribution in [0.5, 0.6) is 5.75 Å². The summed E-state index contributed by atoms with van der Waals surface area (Å²) >= 11 is 11.8.